The van der Waals surface area contributed by atoms with E-state index in [1.807, 2.05) is 19.1 Å². The number of nitrogens with zero attached hydrogens (tertiary/aromatic N) is 1. The predicted octanol–water partition coefficient (Wildman–Crippen LogP) is 3.52. The molecular formula is C18H26ClN3O2. The number of aromatic nitrogens is 1. The molecule has 2 rings (SSSR count). The second kappa shape index (κ2) is 8.85. The van der Waals surface area contributed by atoms with E-state index < -0.39 is 0 Å². The third-order valence-electron chi connectivity index (χ3n) is 4.00. The predicted molar refractivity (Wildman–Crippen MR) is 97.7 cm³/mol. The van der Waals surface area contributed by atoms with Crippen molar-refractivity contribution in [2.24, 2.45) is 5.73 Å². The minimum Gasteiger partial charge on any atom is -0.360 e. The van der Waals surface area contributed by atoms with Crippen LogP contribution in [0.25, 0.3) is 0 Å². The van der Waals surface area contributed by atoms with Crippen LogP contribution in [0, 0.1) is 6.92 Å². The maximum atomic E-state index is 12.3. The highest BCUT2D eigenvalue weighted by Crippen LogP contribution is 2.18. The zero-order chi connectivity index (χ0) is 17.0. The van der Waals surface area contributed by atoms with Gasteiger partial charge in [0.1, 0.15) is 11.3 Å². The molecule has 0 aliphatic rings. The van der Waals surface area contributed by atoms with Crippen molar-refractivity contribution < 1.29 is 9.32 Å². The number of benzene rings is 1. The van der Waals surface area contributed by atoms with Gasteiger partial charge in [0.25, 0.3) is 5.91 Å². The van der Waals surface area contributed by atoms with Gasteiger partial charge in [-0.15, -0.1) is 12.4 Å². The van der Waals surface area contributed by atoms with Gasteiger partial charge in [0.2, 0.25) is 0 Å². The quantitative estimate of drug-likeness (QED) is 0.834. The molecule has 1 unspecified atom stereocenters. The van der Waals surface area contributed by atoms with Crippen molar-refractivity contribution in [2.45, 2.75) is 46.1 Å². The smallest absolute Gasteiger partial charge is 0.256 e. The zero-order valence-electron chi connectivity index (χ0n) is 14.6. The Kier molecular flexibility index (Phi) is 7.45. The van der Waals surface area contributed by atoms with Gasteiger partial charge in [-0.1, -0.05) is 50.2 Å². The fraction of sp³-hybridized carbons (Fsp3) is 0.444. The molecule has 1 aromatic heterocycles. The summed E-state index contributed by atoms with van der Waals surface area (Å²) in [6, 6.07) is 7.97. The number of amides is 1. The van der Waals surface area contributed by atoms with Crippen LogP contribution in [0.2, 0.25) is 0 Å². The third kappa shape index (κ3) is 4.58. The number of hydrogen-bond donors (Lipinski definition) is 2. The first-order valence-electron chi connectivity index (χ1n) is 8.02. The highest BCUT2D eigenvalue weighted by atomic mass is 35.5. The summed E-state index contributed by atoms with van der Waals surface area (Å²) in [4.78, 5) is 12.3. The lowest BCUT2D eigenvalue weighted by Crippen LogP contribution is -2.32. The normalized spacial score (nSPS) is 11.9. The molecule has 2 aromatic rings. The van der Waals surface area contributed by atoms with E-state index >= 15 is 0 Å². The van der Waals surface area contributed by atoms with Gasteiger partial charge in [-0.2, -0.15) is 0 Å². The van der Waals surface area contributed by atoms with Crippen LogP contribution in [-0.4, -0.2) is 17.6 Å². The standard InChI is InChI=1S/C18H25N3O2.ClH/c1-5-16-17(12(4)21-23-16)18(22)20-10-15(19)14-8-6-13(7-9-14)11(2)3;/h6-9,11,15H,5,10,19H2,1-4H3,(H,20,22);1H. The summed E-state index contributed by atoms with van der Waals surface area (Å²) in [5, 5.41) is 6.73. The highest BCUT2D eigenvalue weighted by Gasteiger charge is 2.19. The molecule has 6 heteroatoms. The average molecular weight is 352 g/mol. The molecule has 3 N–H and O–H groups in total. The van der Waals surface area contributed by atoms with Gasteiger partial charge in [-0.25, -0.2) is 0 Å². The molecule has 0 fully saturated rings. The Morgan fingerprint density at radius 1 is 1.25 bits per heavy atom. The van der Waals surface area contributed by atoms with Crippen LogP contribution in [0.5, 0.6) is 0 Å². The molecule has 5 nitrogen and oxygen atoms in total. The van der Waals surface area contributed by atoms with Gasteiger partial charge in [-0.05, 0) is 24.0 Å². The molecule has 0 aliphatic carbocycles. The topological polar surface area (TPSA) is 81.2 Å². The molecule has 1 aromatic carbocycles. The molecule has 0 bridgehead atoms. The number of carbonyl (C=O) groups excluding carboxylic acids is 1. The van der Waals surface area contributed by atoms with Gasteiger partial charge in [0.15, 0.2) is 0 Å². The summed E-state index contributed by atoms with van der Waals surface area (Å²) in [7, 11) is 0. The highest BCUT2D eigenvalue weighted by molar-refractivity contribution is 5.96. The van der Waals surface area contributed by atoms with Crippen molar-refractivity contribution >= 4 is 18.3 Å². The first kappa shape index (κ1) is 20.2. The molecule has 1 amide bonds. The molecular weight excluding hydrogens is 326 g/mol. The monoisotopic (exact) mass is 351 g/mol. The Balaban J connectivity index is 0.00000288. The van der Waals surface area contributed by atoms with Crippen molar-refractivity contribution in [3.8, 4) is 0 Å². The van der Waals surface area contributed by atoms with Crippen LogP contribution in [0.1, 0.15) is 65.7 Å². The fourth-order valence-electron chi connectivity index (χ4n) is 2.49. The molecule has 0 saturated carbocycles. The third-order valence-corrected chi connectivity index (χ3v) is 4.00. The Hall–Kier alpha value is -1.85. The molecule has 0 radical (unpaired) electrons. The number of nitrogens with one attached hydrogen (secondary N) is 1. The second-order valence-electron chi connectivity index (χ2n) is 6.06. The minimum absolute atomic E-state index is 0. The average Bonchev–Trinajstić information content (AvgIpc) is 2.93. The lowest BCUT2D eigenvalue weighted by atomic mass is 9.99. The van der Waals surface area contributed by atoms with Crippen LogP contribution >= 0.6 is 12.4 Å². The van der Waals surface area contributed by atoms with E-state index in [0.29, 0.717) is 35.9 Å². The van der Waals surface area contributed by atoms with Crippen LogP contribution in [-0.2, 0) is 6.42 Å². The summed E-state index contributed by atoms with van der Waals surface area (Å²) in [5.41, 5.74) is 9.59. The van der Waals surface area contributed by atoms with Gasteiger partial charge < -0.3 is 15.6 Å². The lowest BCUT2D eigenvalue weighted by Gasteiger charge is -2.14. The van der Waals surface area contributed by atoms with Crippen LogP contribution < -0.4 is 11.1 Å². The molecule has 1 heterocycles. The number of rotatable bonds is 6. The van der Waals surface area contributed by atoms with Gasteiger partial charge in [-0.3, -0.25) is 4.79 Å². The van der Waals surface area contributed by atoms with Crippen molar-refractivity contribution in [1.29, 1.82) is 0 Å². The molecule has 132 valence electrons. The summed E-state index contributed by atoms with van der Waals surface area (Å²) in [6.45, 7) is 8.37. The van der Waals surface area contributed by atoms with E-state index in [2.05, 4.69) is 36.5 Å². The zero-order valence-corrected chi connectivity index (χ0v) is 15.4. The first-order valence-corrected chi connectivity index (χ1v) is 8.02. The largest absolute Gasteiger partial charge is 0.360 e. The van der Waals surface area contributed by atoms with E-state index in [0.717, 1.165) is 5.56 Å². The van der Waals surface area contributed by atoms with E-state index in [1.54, 1.807) is 6.92 Å². The van der Waals surface area contributed by atoms with Crippen molar-refractivity contribution in [1.82, 2.24) is 10.5 Å². The minimum atomic E-state index is -0.245. The van der Waals surface area contributed by atoms with E-state index in [1.165, 1.54) is 5.56 Å². The van der Waals surface area contributed by atoms with Crippen LogP contribution in [0.3, 0.4) is 0 Å². The van der Waals surface area contributed by atoms with Crippen LogP contribution in [0.15, 0.2) is 28.8 Å². The number of hydrogen-bond acceptors (Lipinski definition) is 4. The summed E-state index contributed by atoms with van der Waals surface area (Å²) < 4.78 is 5.15. The summed E-state index contributed by atoms with van der Waals surface area (Å²) in [6.07, 6.45) is 0.631. The van der Waals surface area contributed by atoms with E-state index in [-0.39, 0.29) is 24.4 Å². The Morgan fingerprint density at radius 3 is 2.38 bits per heavy atom. The van der Waals surface area contributed by atoms with E-state index in [9.17, 15) is 4.79 Å². The fourth-order valence-corrected chi connectivity index (χ4v) is 2.49. The first-order chi connectivity index (χ1) is 10.9. The maximum absolute atomic E-state index is 12.3. The number of aryl methyl sites for hydroxylation is 2. The number of nitrogens with two attached hydrogens (primary N) is 1. The maximum Gasteiger partial charge on any atom is 0.256 e. The number of carbonyl (C=O) groups is 1. The summed E-state index contributed by atoms with van der Waals surface area (Å²) >= 11 is 0. The molecule has 0 spiro atoms. The van der Waals surface area contributed by atoms with Crippen molar-refractivity contribution in [3.05, 3.63) is 52.4 Å². The molecule has 1 atom stereocenters. The summed E-state index contributed by atoms with van der Waals surface area (Å²) in [5.74, 6) is 0.911. The van der Waals surface area contributed by atoms with Crippen LogP contribution in [0.4, 0.5) is 0 Å². The Morgan fingerprint density at radius 2 is 1.83 bits per heavy atom. The van der Waals surface area contributed by atoms with Gasteiger partial charge in [0, 0.05) is 19.0 Å². The van der Waals surface area contributed by atoms with Gasteiger partial charge >= 0.3 is 0 Å². The Labute approximate surface area is 149 Å². The second-order valence-corrected chi connectivity index (χ2v) is 6.06. The lowest BCUT2D eigenvalue weighted by molar-refractivity contribution is 0.0948. The molecule has 24 heavy (non-hydrogen) atoms. The number of halogens is 1. The van der Waals surface area contributed by atoms with Crippen molar-refractivity contribution in [3.63, 3.8) is 0 Å². The van der Waals surface area contributed by atoms with Gasteiger partial charge in [0.05, 0.1) is 5.69 Å². The molecule has 0 aliphatic heterocycles. The van der Waals surface area contributed by atoms with Crippen molar-refractivity contribution in [2.75, 3.05) is 6.54 Å². The molecule has 0 saturated heterocycles. The SMILES string of the molecule is CCc1onc(C)c1C(=O)NCC(N)c1ccc(C(C)C)cc1.Cl. The van der Waals surface area contributed by atoms with E-state index in [4.69, 9.17) is 10.3 Å². The Bertz CT molecular complexity index is 665.